The molecule has 4 heteroatoms. The summed E-state index contributed by atoms with van der Waals surface area (Å²) in [5.41, 5.74) is 5.39. The van der Waals surface area contributed by atoms with Crippen molar-refractivity contribution in [3.8, 4) is 45.3 Å². The van der Waals surface area contributed by atoms with E-state index in [-0.39, 0.29) is 14.5 Å². The fraction of sp³-hybridized carbons (Fsp3) is 0. The molecule has 10 aromatic rings. The molecule has 3 nitrogen and oxygen atoms in total. The molecule has 0 N–H and O–H groups in total. The Bertz CT molecular complexity index is 2870. The predicted molar refractivity (Wildman–Crippen MR) is 206 cm³/mol. The third kappa shape index (κ3) is 4.69. The van der Waals surface area contributed by atoms with Gasteiger partial charge in [-0.2, -0.15) is 0 Å². The summed E-state index contributed by atoms with van der Waals surface area (Å²) in [6.45, 7) is 0. The van der Waals surface area contributed by atoms with Crippen molar-refractivity contribution >= 4 is 66.1 Å². The molecule has 0 aliphatic carbocycles. The molecule has 49 heavy (non-hydrogen) atoms. The van der Waals surface area contributed by atoms with Crippen molar-refractivity contribution in [2.75, 3.05) is 0 Å². The van der Waals surface area contributed by atoms with E-state index >= 15 is 0 Å². The van der Waals surface area contributed by atoms with Gasteiger partial charge in [0.15, 0.2) is 0 Å². The number of fused-ring (bicyclic) bond motifs is 8. The van der Waals surface area contributed by atoms with Gasteiger partial charge in [0.2, 0.25) is 0 Å². The molecule has 0 aliphatic rings. The van der Waals surface area contributed by atoms with E-state index in [1.807, 2.05) is 6.07 Å². The molecule has 0 fully saturated rings. The van der Waals surface area contributed by atoms with Crippen LogP contribution in [0.25, 0.3) is 96.9 Å². The molecule has 0 saturated carbocycles. The molecule has 0 saturated heterocycles. The average molecular weight is 689 g/mol. The number of benzene rings is 8. The van der Waals surface area contributed by atoms with Crippen molar-refractivity contribution in [3.05, 3.63) is 164 Å². The van der Waals surface area contributed by atoms with Crippen LogP contribution in [0.5, 0.6) is 0 Å². The van der Waals surface area contributed by atoms with Crippen LogP contribution >= 0.6 is 0 Å². The van der Waals surface area contributed by atoms with E-state index in [1.165, 1.54) is 51.8 Å². The Balaban J connectivity index is 1.20. The Kier molecular flexibility index (Phi) is 6.51. The zero-order chi connectivity index (χ0) is 32.3. The second-order valence-electron chi connectivity index (χ2n) is 12.4. The molecule has 0 amide bonds. The van der Waals surface area contributed by atoms with Crippen LogP contribution in [0.3, 0.4) is 0 Å². The van der Waals surface area contributed by atoms with Crippen LogP contribution in [0, 0.1) is 0 Å². The Hall–Kier alpha value is -5.93. The Morgan fingerprint density at radius 1 is 0.306 bits per heavy atom. The maximum atomic E-state index is 5.27. The molecule has 228 valence electrons. The summed E-state index contributed by atoms with van der Waals surface area (Å²) in [6, 6.07) is 58.3. The number of aromatic nitrogens is 3. The number of nitrogens with zero attached hydrogens (tertiary/aromatic N) is 3. The predicted octanol–water partition coefficient (Wildman–Crippen LogP) is 11.4. The number of hydrogen-bond acceptors (Lipinski definition) is 3. The Morgan fingerprint density at radius 3 is 1.71 bits per heavy atom. The average Bonchev–Trinajstić information content (AvgIpc) is 3.57. The molecule has 0 aliphatic heterocycles. The van der Waals surface area contributed by atoms with Gasteiger partial charge in [-0.3, -0.25) is 0 Å². The summed E-state index contributed by atoms with van der Waals surface area (Å²) in [6.07, 6.45) is 0. The molecule has 0 radical (unpaired) electrons. The molecule has 0 spiro atoms. The first-order valence-corrected chi connectivity index (χ1v) is 18.2. The zero-order valence-corrected chi connectivity index (χ0v) is 28.1. The molecule has 0 bridgehead atoms. The van der Waals surface area contributed by atoms with Crippen molar-refractivity contribution in [3.63, 3.8) is 0 Å². The summed E-state index contributed by atoms with van der Waals surface area (Å²) < 4.78 is 2.73. The number of rotatable bonds is 4. The van der Waals surface area contributed by atoms with Gasteiger partial charge in [0.05, 0.1) is 0 Å². The van der Waals surface area contributed by atoms with Crippen molar-refractivity contribution in [1.29, 1.82) is 0 Å². The summed E-state index contributed by atoms with van der Waals surface area (Å²) in [7, 11) is 0. The van der Waals surface area contributed by atoms with Gasteiger partial charge in [-0.25, -0.2) is 0 Å². The zero-order valence-electron chi connectivity index (χ0n) is 26.3. The topological polar surface area (TPSA) is 38.7 Å². The molecule has 2 aromatic heterocycles. The van der Waals surface area contributed by atoms with Crippen LogP contribution in [0.4, 0.5) is 0 Å². The molecular formula is C45H27N3Se. The normalized spacial score (nSPS) is 11.7. The molecule has 2 heterocycles. The second-order valence-corrected chi connectivity index (χ2v) is 14.6. The first-order chi connectivity index (χ1) is 24.3. The summed E-state index contributed by atoms with van der Waals surface area (Å²) in [5.74, 6) is 2.06. The maximum absolute atomic E-state index is 5.27. The molecule has 10 rings (SSSR count). The van der Waals surface area contributed by atoms with Crippen molar-refractivity contribution < 1.29 is 0 Å². The van der Waals surface area contributed by atoms with Crippen LogP contribution in [0.2, 0.25) is 0 Å². The minimum atomic E-state index is 0.161. The van der Waals surface area contributed by atoms with Gasteiger partial charge in [0, 0.05) is 0 Å². The first-order valence-electron chi connectivity index (χ1n) is 16.4. The summed E-state index contributed by atoms with van der Waals surface area (Å²) >= 11 is 0.161. The Labute approximate surface area is 288 Å². The van der Waals surface area contributed by atoms with Crippen molar-refractivity contribution in [2.45, 2.75) is 0 Å². The molecule has 0 atom stereocenters. The van der Waals surface area contributed by atoms with Crippen LogP contribution in [0.15, 0.2) is 164 Å². The Morgan fingerprint density at radius 2 is 0.857 bits per heavy atom. The van der Waals surface area contributed by atoms with E-state index in [0.29, 0.717) is 17.5 Å². The van der Waals surface area contributed by atoms with E-state index in [1.54, 1.807) is 0 Å². The third-order valence-electron chi connectivity index (χ3n) is 9.56. The third-order valence-corrected chi connectivity index (χ3v) is 12.1. The summed E-state index contributed by atoms with van der Waals surface area (Å²) in [4.78, 5) is 15.7. The first kappa shape index (κ1) is 28.1. The summed E-state index contributed by atoms with van der Waals surface area (Å²) in [5, 5.41) is 9.90. The van der Waals surface area contributed by atoms with Gasteiger partial charge >= 0.3 is 266 Å². The van der Waals surface area contributed by atoms with Gasteiger partial charge in [-0.05, 0) is 0 Å². The van der Waals surface area contributed by atoms with E-state index in [2.05, 4.69) is 158 Å². The van der Waals surface area contributed by atoms with Crippen LogP contribution in [-0.4, -0.2) is 29.5 Å². The van der Waals surface area contributed by atoms with Gasteiger partial charge in [0.25, 0.3) is 0 Å². The fourth-order valence-electron chi connectivity index (χ4n) is 7.16. The molecular weight excluding hydrogens is 661 g/mol. The number of hydrogen-bond donors (Lipinski definition) is 0. The van der Waals surface area contributed by atoms with E-state index in [4.69, 9.17) is 15.0 Å². The van der Waals surface area contributed by atoms with E-state index in [9.17, 15) is 0 Å². The minimum absolute atomic E-state index is 0.161. The van der Waals surface area contributed by atoms with Crippen molar-refractivity contribution in [1.82, 2.24) is 15.0 Å². The second kappa shape index (κ2) is 11.3. The molecule has 0 unspecified atom stereocenters. The van der Waals surface area contributed by atoms with Crippen molar-refractivity contribution in [2.24, 2.45) is 0 Å². The van der Waals surface area contributed by atoms with Gasteiger partial charge < -0.3 is 0 Å². The van der Waals surface area contributed by atoms with Gasteiger partial charge in [0.1, 0.15) is 0 Å². The van der Waals surface area contributed by atoms with Gasteiger partial charge in [-0.15, -0.1) is 0 Å². The fourth-order valence-corrected chi connectivity index (χ4v) is 9.71. The molecule has 8 aromatic carbocycles. The van der Waals surface area contributed by atoms with E-state index in [0.717, 1.165) is 27.6 Å². The SMILES string of the molecule is c1ccc(-c2ccc(-c3nc(-c4cccc5c4ccc4c6ccccc6ccc54)nc(-c4cccc5c4[se]c4ccccc45)n3)cc2)cc1. The monoisotopic (exact) mass is 689 g/mol. The van der Waals surface area contributed by atoms with E-state index < -0.39 is 0 Å². The van der Waals surface area contributed by atoms with Crippen LogP contribution < -0.4 is 0 Å². The van der Waals surface area contributed by atoms with Crippen LogP contribution in [0.1, 0.15) is 0 Å². The standard InChI is InChI=1S/C45H27N3Se/c1-2-10-28(11-3-1)29-20-22-31(23-21-29)43-46-44(48-45(47-43)40-18-9-16-38-37-14-6-7-19-41(37)49-42(38)40)39-17-8-15-33-35-25-24-30-12-4-5-13-32(30)34(35)26-27-36(33)39/h1-27H. The van der Waals surface area contributed by atoms with Gasteiger partial charge in [-0.1, -0.05) is 24.3 Å². The van der Waals surface area contributed by atoms with Crippen LogP contribution in [-0.2, 0) is 0 Å². The quantitative estimate of drug-likeness (QED) is 0.136.